The number of benzene rings is 2. The van der Waals surface area contributed by atoms with Crippen LogP contribution in [0.25, 0.3) is 11.0 Å². The molecule has 0 aliphatic carbocycles. The Morgan fingerprint density at radius 2 is 1.50 bits per heavy atom. The molecule has 1 N–H and O–H groups in total. The molecular formula is C31H32F2N6O5. The standard InChI is InChI=1S/C31H32F2N6O5/c1-31(2,3)44-30(41)35-24-14-13-23-25(34-24)27(28(39(42)43)29(40)36(23)4)38-17-15-37(16-18-38)26(19-5-9-21(32)10-6-19)20-7-11-22(33)12-8-20/h5-14,26H,15-18H2,1-4H3,(H,34,35,41). The first kappa shape index (κ1) is 30.5. The van der Waals surface area contributed by atoms with Crippen LogP contribution in [-0.2, 0) is 11.8 Å². The second kappa shape index (κ2) is 12.0. The van der Waals surface area contributed by atoms with E-state index >= 15 is 0 Å². The first-order valence-electron chi connectivity index (χ1n) is 14.0. The van der Waals surface area contributed by atoms with Crippen molar-refractivity contribution in [1.82, 2.24) is 14.5 Å². The van der Waals surface area contributed by atoms with Crippen LogP contribution < -0.4 is 15.8 Å². The van der Waals surface area contributed by atoms with Crippen LogP contribution in [-0.4, -0.2) is 57.2 Å². The molecule has 0 radical (unpaired) electrons. The van der Waals surface area contributed by atoms with Gasteiger partial charge in [-0.3, -0.25) is 25.1 Å². The fourth-order valence-corrected chi connectivity index (χ4v) is 5.43. The van der Waals surface area contributed by atoms with Gasteiger partial charge < -0.3 is 14.2 Å². The number of nitro groups is 1. The number of piperazine rings is 1. The SMILES string of the molecule is Cn1c(=O)c([N+](=O)[O-])c(N2CCN(C(c3ccc(F)cc3)c3ccc(F)cc3)CC2)c2nc(NC(=O)OC(C)(C)C)ccc21. The third-order valence-corrected chi connectivity index (χ3v) is 7.37. The monoisotopic (exact) mass is 606 g/mol. The number of hydrogen-bond acceptors (Lipinski definition) is 8. The molecule has 3 heterocycles. The predicted molar refractivity (Wildman–Crippen MR) is 162 cm³/mol. The molecule has 1 aliphatic rings. The van der Waals surface area contributed by atoms with E-state index in [1.165, 1.54) is 37.4 Å². The molecule has 11 nitrogen and oxygen atoms in total. The topological polar surface area (TPSA) is 123 Å². The van der Waals surface area contributed by atoms with E-state index in [0.717, 1.165) is 15.7 Å². The summed E-state index contributed by atoms with van der Waals surface area (Å²) >= 11 is 0. The van der Waals surface area contributed by atoms with Crippen LogP contribution in [0.1, 0.15) is 37.9 Å². The summed E-state index contributed by atoms with van der Waals surface area (Å²) in [7, 11) is 1.43. The van der Waals surface area contributed by atoms with Crippen LogP contribution in [0, 0.1) is 21.7 Å². The molecule has 1 saturated heterocycles. The van der Waals surface area contributed by atoms with E-state index in [2.05, 4.69) is 15.2 Å². The normalized spacial score (nSPS) is 14.2. The van der Waals surface area contributed by atoms with Gasteiger partial charge in [0, 0.05) is 33.2 Å². The van der Waals surface area contributed by atoms with Gasteiger partial charge in [0.15, 0.2) is 5.69 Å². The summed E-state index contributed by atoms with van der Waals surface area (Å²) in [5, 5.41) is 14.8. The van der Waals surface area contributed by atoms with Gasteiger partial charge in [0.2, 0.25) is 0 Å². The number of halogens is 2. The summed E-state index contributed by atoms with van der Waals surface area (Å²) in [6.07, 6.45) is -0.744. The molecular weight excluding hydrogens is 574 g/mol. The smallest absolute Gasteiger partial charge is 0.413 e. The fraction of sp³-hybridized carbons (Fsp3) is 0.323. The Morgan fingerprint density at radius 1 is 0.955 bits per heavy atom. The number of rotatable bonds is 6. The van der Waals surface area contributed by atoms with Gasteiger partial charge in [-0.05, 0) is 68.3 Å². The summed E-state index contributed by atoms with van der Waals surface area (Å²) in [6, 6.07) is 14.9. The number of amides is 1. The molecule has 44 heavy (non-hydrogen) atoms. The van der Waals surface area contributed by atoms with Crippen LogP contribution >= 0.6 is 0 Å². The second-order valence-electron chi connectivity index (χ2n) is 11.5. The van der Waals surface area contributed by atoms with Crippen molar-refractivity contribution in [3.63, 3.8) is 0 Å². The zero-order valence-corrected chi connectivity index (χ0v) is 24.7. The Morgan fingerprint density at radius 3 is 2.00 bits per heavy atom. The molecule has 0 unspecified atom stereocenters. The molecule has 0 atom stereocenters. The lowest BCUT2D eigenvalue weighted by Crippen LogP contribution is -2.48. The highest BCUT2D eigenvalue weighted by Crippen LogP contribution is 2.36. The summed E-state index contributed by atoms with van der Waals surface area (Å²) in [6.45, 7) is 6.53. The molecule has 2 aromatic carbocycles. The number of nitrogens with zero attached hydrogens (tertiary/aromatic N) is 5. The quantitative estimate of drug-likeness (QED) is 0.229. The van der Waals surface area contributed by atoms with E-state index in [9.17, 15) is 28.5 Å². The lowest BCUT2D eigenvalue weighted by Gasteiger charge is -2.40. The molecule has 1 aliphatic heterocycles. The van der Waals surface area contributed by atoms with Crippen LogP contribution in [0.5, 0.6) is 0 Å². The number of ether oxygens (including phenoxy) is 1. The maximum absolute atomic E-state index is 13.8. The minimum absolute atomic E-state index is 0.0562. The summed E-state index contributed by atoms with van der Waals surface area (Å²) < 4.78 is 34.0. The van der Waals surface area contributed by atoms with Gasteiger partial charge in [-0.25, -0.2) is 18.6 Å². The van der Waals surface area contributed by atoms with Gasteiger partial charge >= 0.3 is 17.3 Å². The molecule has 5 rings (SSSR count). The molecule has 1 fully saturated rings. The lowest BCUT2D eigenvalue weighted by molar-refractivity contribution is -0.385. The Bertz CT molecular complexity index is 1720. The van der Waals surface area contributed by atoms with Crippen molar-refractivity contribution in [3.05, 3.63) is 104 Å². The van der Waals surface area contributed by atoms with Crippen molar-refractivity contribution in [2.75, 3.05) is 36.4 Å². The van der Waals surface area contributed by atoms with Crippen molar-refractivity contribution in [2.45, 2.75) is 32.4 Å². The third kappa shape index (κ3) is 6.37. The first-order valence-corrected chi connectivity index (χ1v) is 14.0. The minimum atomic E-state index is -0.787. The Kier molecular flexibility index (Phi) is 8.33. The largest absolute Gasteiger partial charge is 0.444 e. The van der Waals surface area contributed by atoms with Crippen LogP contribution in [0.3, 0.4) is 0 Å². The third-order valence-electron chi connectivity index (χ3n) is 7.37. The number of aryl methyl sites for hydroxylation is 1. The maximum Gasteiger partial charge on any atom is 0.413 e. The molecule has 13 heteroatoms. The number of carbonyl (C=O) groups excluding carboxylic acids is 1. The van der Waals surface area contributed by atoms with Gasteiger partial charge in [-0.2, -0.15) is 0 Å². The van der Waals surface area contributed by atoms with Crippen molar-refractivity contribution in [1.29, 1.82) is 0 Å². The molecule has 4 aromatic rings. The predicted octanol–water partition coefficient (Wildman–Crippen LogP) is 5.38. The highest BCUT2D eigenvalue weighted by Gasteiger charge is 2.34. The fourth-order valence-electron chi connectivity index (χ4n) is 5.43. The van der Waals surface area contributed by atoms with Gasteiger partial charge in [0.25, 0.3) is 0 Å². The Balaban J connectivity index is 1.51. The van der Waals surface area contributed by atoms with Gasteiger partial charge in [-0.1, -0.05) is 24.3 Å². The van der Waals surface area contributed by atoms with E-state index in [4.69, 9.17) is 4.74 Å². The zero-order chi connectivity index (χ0) is 31.8. The number of hydrogen-bond donors (Lipinski definition) is 1. The van der Waals surface area contributed by atoms with Crippen molar-refractivity contribution in [2.24, 2.45) is 7.05 Å². The minimum Gasteiger partial charge on any atom is -0.444 e. The average Bonchev–Trinajstić information content (AvgIpc) is 2.96. The second-order valence-corrected chi connectivity index (χ2v) is 11.5. The van der Waals surface area contributed by atoms with Gasteiger partial charge in [0.1, 0.15) is 28.6 Å². The molecule has 2 aromatic heterocycles. The highest BCUT2D eigenvalue weighted by atomic mass is 19.1. The van der Waals surface area contributed by atoms with E-state index < -0.39 is 27.9 Å². The number of pyridine rings is 2. The highest BCUT2D eigenvalue weighted by molar-refractivity contribution is 5.95. The van der Waals surface area contributed by atoms with Crippen molar-refractivity contribution < 1.29 is 23.2 Å². The zero-order valence-electron chi connectivity index (χ0n) is 24.7. The maximum atomic E-state index is 13.8. The van der Waals surface area contributed by atoms with E-state index in [-0.39, 0.29) is 47.8 Å². The number of anilines is 2. The van der Waals surface area contributed by atoms with Crippen LogP contribution in [0.15, 0.2) is 65.5 Å². The van der Waals surface area contributed by atoms with Crippen molar-refractivity contribution >= 4 is 34.3 Å². The number of nitrogens with one attached hydrogen (secondary N) is 1. The molecule has 0 bridgehead atoms. The molecule has 0 saturated carbocycles. The Hall–Kier alpha value is -4.91. The number of aromatic nitrogens is 2. The van der Waals surface area contributed by atoms with Crippen LogP contribution in [0.4, 0.5) is 30.8 Å². The van der Waals surface area contributed by atoms with Gasteiger partial charge in [0.05, 0.1) is 16.5 Å². The molecule has 230 valence electrons. The Labute approximate surface area is 251 Å². The summed E-state index contributed by atoms with van der Waals surface area (Å²) in [5.41, 5.74) is 0.0215. The summed E-state index contributed by atoms with van der Waals surface area (Å²) in [4.78, 5) is 45.6. The number of fused-ring (bicyclic) bond motifs is 1. The van der Waals surface area contributed by atoms with Crippen molar-refractivity contribution in [3.8, 4) is 0 Å². The lowest BCUT2D eigenvalue weighted by atomic mass is 9.96. The average molecular weight is 607 g/mol. The van der Waals surface area contributed by atoms with Crippen LogP contribution in [0.2, 0.25) is 0 Å². The van der Waals surface area contributed by atoms with E-state index in [1.54, 1.807) is 56.0 Å². The number of carbonyl (C=O) groups is 1. The summed E-state index contributed by atoms with van der Waals surface area (Å²) in [5.74, 6) is -0.657. The molecule has 0 spiro atoms. The van der Waals surface area contributed by atoms with E-state index in [1.807, 2.05) is 0 Å². The van der Waals surface area contributed by atoms with E-state index in [0.29, 0.717) is 18.6 Å². The molecule has 1 amide bonds. The first-order chi connectivity index (χ1) is 20.8. The van der Waals surface area contributed by atoms with Gasteiger partial charge in [-0.15, -0.1) is 0 Å².